The summed E-state index contributed by atoms with van der Waals surface area (Å²) in [4.78, 5) is 5.53. The fraction of sp³-hybridized carbons (Fsp3) is 0.467. The van der Waals surface area contributed by atoms with Crippen molar-refractivity contribution in [3.05, 3.63) is 23.7 Å². The van der Waals surface area contributed by atoms with E-state index in [2.05, 4.69) is 30.2 Å². The van der Waals surface area contributed by atoms with Crippen molar-refractivity contribution >= 4 is 34.8 Å². The molecule has 20 heavy (non-hydrogen) atoms. The fourth-order valence-electron chi connectivity index (χ4n) is 1.58. The Balaban J connectivity index is 2.67. The average molecular weight is 293 g/mol. The average Bonchev–Trinajstić information content (AvgIpc) is 2.89. The molecular formula is C15H23N3OS. The first-order valence-electron chi connectivity index (χ1n) is 6.86. The fourth-order valence-corrected chi connectivity index (χ4v) is 2.48. The molecule has 110 valence electrons. The Kier molecular flexibility index (Phi) is 7.84. The Hall–Kier alpha value is -1.46. The number of hydrogen-bond acceptors (Lipinski definition) is 5. The van der Waals surface area contributed by atoms with Gasteiger partial charge in [-0.25, -0.2) is 9.99 Å². The summed E-state index contributed by atoms with van der Waals surface area (Å²) in [6.45, 7) is 13.7. The maximum absolute atomic E-state index is 5.58. The lowest BCUT2D eigenvalue weighted by Gasteiger charge is -2.15. The number of ether oxygens (including phenoxy) is 1. The molecule has 0 aromatic carbocycles. The van der Waals surface area contributed by atoms with Gasteiger partial charge < -0.3 is 4.74 Å². The molecule has 0 bridgehead atoms. The van der Waals surface area contributed by atoms with Gasteiger partial charge in [0, 0.05) is 12.8 Å². The van der Waals surface area contributed by atoms with Gasteiger partial charge in [-0.2, -0.15) is 5.10 Å². The highest BCUT2D eigenvalue weighted by atomic mass is 32.1. The highest BCUT2D eigenvalue weighted by molar-refractivity contribution is 7.16. The molecule has 0 unspecified atom stereocenters. The Labute approximate surface area is 125 Å². The van der Waals surface area contributed by atoms with E-state index >= 15 is 0 Å². The smallest absolute Gasteiger partial charge is 0.207 e. The SMILES string of the molecule is C=Cc1nc(N(CCOCCCC)/N=C/C)sc1C=C. The van der Waals surface area contributed by atoms with Crippen LogP contribution in [0.3, 0.4) is 0 Å². The zero-order valence-electron chi connectivity index (χ0n) is 12.3. The number of hydrogen-bond donors (Lipinski definition) is 0. The van der Waals surface area contributed by atoms with Gasteiger partial charge in [-0.3, -0.25) is 0 Å². The summed E-state index contributed by atoms with van der Waals surface area (Å²) in [5.74, 6) is 0. The summed E-state index contributed by atoms with van der Waals surface area (Å²) >= 11 is 1.56. The summed E-state index contributed by atoms with van der Waals surface area (Å²) < 4.78 is 5.58. The van der Waals surface area contributed by atoms with Crippen LogP contribution in [0.2, 0.25) is 0 Å². The molecule has 0 aliphatic heterocycles. The van der Waals surface area contributed by atoms with Gasteiger partial charge in [0.25, 0.3) is 0 Å². The largest absolute Gasteiger partial charge is 0.380 e. The molecule has 0 fully saturated rings. The minimum absolute atomic E-state index is 0.643. The first-order valence-corrected chi connectivity index (χ1v) is 7.68. The van der Waals surface area contributed by atoms with Gasteiger partial charge in [0.05, 0.1) is 23.7 Å². The summed E-state index contributed by atoms with van der Waals surface area (Å²) in [6.07, 6.45) is 7.53. The van der Waals surface area contributed by atoms with Crippen molar-refractivity contribution in [3.8, 4) is 0 Å². The molecule has 0 aliphatic rings. The van der Waals surface area contributed by atoms with Crippen molar-refractivity contribution in [2.75, 3.05) is 24.8 Å². The van der Waals surface area contributed by atoms with Crippen LogP contribution in [-0.2, 0) is 4.74 Å². The second-order valence-electron chi connectivity index (χ2n) is 4.12. The van der Waals surface area contributed by atoms with Gasteiger partial charge in [-0.05, 0) is 25.5 Å². The Bertz CT molecular complexity index is 428. The summed E-state index contributed by atoms with van der Waals surface area (Å²) in [6, 6.07) is 0. The van der Waals surface area contributed by atoms with Crippen LogP contribution in [0, 0.1) is 0 Å². The van der Waals surface area contributed by atoms with Crippen LogP contribution in [0.1, 0.15) is 37.3 Å². The predicted molar refractivity (Wildman–Crippen MR) is 89.5 cm³/mol. The maximum Gasteiger partial charge on any atom is 0.207 e. The molecule has 0 radical (unpaired) electrons. The molecule has 0 saturated carbocycles. The Morgan fingerprint density at radius 3 is 2.70 bits per heavy atom. The number of thiazole rings is 1. The third-order valence-electron chi connectivity index (χ3n) is 2.61. The van der Waals surface area contributed by atoms with Crippen molar-refractivity contribution < 1.29 is 4.74 Å². The lowest BCUT2D eigenvalue weighted by Crippen LogP contribution is -2.22. The number of rotatable bonds is 10. The number of nitrogens with zero attached hydrogens (tertiary/aromatic N) is 3. The molecule has 0 amide bonds. The first kappa shape index (κ1) is 16.6. The summed E-state index contributed by atoms with van der Waals surface area (Å²) in [7, 11) is 0. The van der Waals surface area contributed by atoms with Gasteiger partial charge >= 0.3 is 0 Å². The van der Waals surface area contributed by atoms with Gasteiger partial charge in [0.1, 0.15) is 0 Å². The van der Waals surface area contributed by atoms with Crippen molar-refractivity contribution in [2.24, 2.45) is 5.10 Å². The van der Waals surface area contributed by atoms with E-state index in [4.69, 9.17) is 4.74 Å². The summed E-state index contributed by atoms with van der Waals surface area (Å²) in [5.41, 5.74) is 0.850. The highest BCUT2D eigenvalue weighted by Gasteiger charge is 2.12. The maximum atomic E-state index is 5.58. The third-order valence-corrected chi connectivity index (χ3v) is 3.69. The van der Waals surface area contributed by atoms with Crippen molar-refractivity contribution in [1.29, 1.82) is 0 Å². The van der Waals surface area contributed by atoms with Crippen LogP contribution in [-0.4, -0.2) is 31.0 Å². The summed E-state index contributed by atoms with van der Waals surface area (Å²) in [5, 5.41) is 7.04. The minimum atomic E-state index is 0.643. The normalized spacial score (nSPS) is 10.9. The quantitative estimate of drug-likeness (QED) is 0.371. The lowest BCUT2D eigenvalue weighted by molar-refractivity contribution is 0.137. The van der Waals surface area contributed by atoms with Gasteiger partial charge in [0.15, 0.2) is 0 Å². The van der Waals surface area contributed by atoms with Crippen LogP contribution in [0.25, 0.3) is 12.2 Å². The standard InChI is InChI=1S/C15H23N3OS/c1-5-9-11-19-12-10-18(16-8-4)15-17-13(6-2)14(7-3)20-15/h6-8H,2-3,5,9-12H2,1,4H3/b16-8+. The predicted octanol–water partition coefficient (Wildman–Crippen LogP) is 4.06. The Morgan fingerprint density at radius 2 is 2.15 bits per heavy atom. The molecule has 1 rings (SSSR count). The second-order valence-corrected chi connectivity index (χ2v) is 5.13. The molecule has 5 heteroatoms. The van der Waals surface area contributed by atoms with E-state index in [1.165, 1.54) is 0 Å². The van der Waals surface area contributed by atoms with Gasteiger partial charge in [-0.15, -0.1) is 0 Å². The number of hydrazone groups is 1. The number of anilines is 1. The molecule has 1 aromatic rings. The molecule has 1 aromatic heterocycles. The highest BCUT2D eigenvalue weighted by Crippen LogP contribution is 2.28. The Morgan fingerprint density at radius 1 is 1.35 bits per heavy atom. The number of unbranched alkanes of at least 4 members (excludes halogenated alkanes) is 1. The van der Waals surface area contributed by atoms with E-state index in [0.29, 0.717) is 13.2 Å². The van der Waals surface area contributed by atoms with E-state index in [1.54, 1.807) is 29.7 Å². The third kappa shape index (κ3) is 4.90. The number of aromatic nitrogens is 1. The minimum Gasteiger partial charge on any atom is -0.380 e. The molecule has 1 heterocycles. The van der Waals surface area contributed by atoms with E-state index in [-0.39, 0.29) is 0 Å². The molecule has 4 nitrogen and oxygen atoms in total. The van der Waals surface area contributed by atoms with Crippen molar-refractivity contribution in [1.82, 2.24) is 4.98 Å². The molecule has 0 N–H and O–H groups in total. The van der Waals surface area contributed by atoms with Gasteiger partial charge in [0.2, 0.25) is 5.13 Å². The molecule has 0 spiro atoms. The van der Waals surface area contributed by atoms with E-state index < -0.39 is 0 Å². The lowest BCUT2D eigenvalue weighted by atomic mass is 10.3. The van der Waals surface area contributed by atoms with Crippen LogP contribution >= 0.6 is 11.3 Å². The second kappa shape index (κ2) is 9.44. The van der Waals surface area contributed by atoms with Crippen molar-refractivity contribution in [2.45, 2.75) is 26.7 Å². The monoisotopic (exact) mass is 293 g/mol. The van der Waals surface area contributed by atoms with Crippen LogP contribution in [0.4, 0.5) is 5.13 Å². The molecule has 0 aliphatic carbocycles. The van der Waals surface area contributed by atoms with Crippen LogP contribution in [0.15, 0.2) is 18.3 Å². The molecule has 0 saturated heterocycles. The van der Waals surface area contributed by atoms with Crippen molar-refractivity contribution in [3.63, 3.8) is 0 Å². The van der Waals surface area contributed by atoms with E-state index in [9.17, 15) is 0 Å². The zero-order valence-corrected chi connectivity index (χ0v) is 13.2. The zero-order chi connectivity index (χ0) is 14.8. The van der Waals surface area contributed by atoms with E-state index in [1.807, 2.05) is 11.9 Å². The molecule has 0 atom stereocenters. The van der Waals surface area contributed by atoms with E-state index in [0.717, 1.165) is 35.2 Å². The van der Waals surface area contributed by atoms with Gasteiger partial charge in [-0.1, -0.05) is 37.8 Å². The van der Waals surface area contributed by atoms with Crippen LogP contribution < -0.4 is 5.01 Å². The molecular weight excluding hydrogens is 270 g/mol. The first-order chi connectivity index (χ1) is 9.76. The topological polar surface area (TPSA) is 37.7 Å². The van der Waals surface area contributed by atoms with Crippen LogP contribution in [0.5, 0.6) is 0 Å².